The van der Waals surface area contributed by atoms with Gasteiger partial charge in [0.15, 0.2) is 0 Å². The number of hydrazone groups is 1. The molecule has 1 fully saturated rings. The van der Waals surface area contributed by atoms with Crippen LogP contribution in [-0.4, -0.2) is 35.9 Å². The molecule has 20 heavy (non-hydrogen) atoms. The van der Waals surface area contributed by atoms with Gasteiger partial charge in [0.25, 0.3) is 0 Å². The van der Waals surface area contributed by atoms with Gasteiger partial charge in [-0.25, -0.2) is 9.18 Å². The van der Waals surface area contributed by atoms with Crippen molar-refractivity contribution in [3.8, 4) is 0 Å². The predicted molar refractivity (Wildman–Crippen MR) is 75.0 cm³/mol. The first kappa shape index (κ1) is 14.5. The number of carbonyl (C=O) groups is 1. The molecule has 0 saturated carbocycles. The third kappa shape index (κ3) is 2.98. The zero-order chi connectivity index (χ0) is 14.8. The summed E-state index contributed by atoms with van der Waals surface area (Å²) in [5.41, 5.74) is 0.444. The van der Waals surface area contributed by atoms with E-state index >= 15 is 0 Å². The Morgan fingerprint density at radius 2 is 2.30 bits per heavy atom. The van der Waals surface area contributed by atoms with Gasteiger partial charge in [0, 0.05) is 0 Å². The number of ether oxygens (including phenoxy) is 1. The van der Waals surface area contributed by atoms with Crippen LogP contribution >= 0.6 is 0 Å². The van der Waals surface area contributed by atoms with E-state index in [1.165, 1.54) is 19.2 Å². The molecule has 1 atom stereocenters. The maximum absolute atomic E-state index is 13.1. The van der Waals surface area contributed by atoms with Crippen molar-refractivity contribution in [2.45, 2.75) is 38.3 Å². The van der Waals surface area contributed by atoms with E-state index in [0.717, 1.165) is 6.42 Å². The fraction of sp³-hybridized carbons (Fsp3) is 0.467. The minimum Gasteiger partial charge on any atom is -0.467 e. The predicted octanol–water partition coefficient (Wildman–Crippen LogP) is 2.58. The van der Waals surface area contributed by atoms with Gasteiger partial charge in [0.1, 0.15) is 11.9 Å². The van der Waals surface area contributed by atoms with Crippen LogP contribution in [0.5, 0.6) is 0 Å². The monoisotopic (exact) mass is 278 g/mol. The fourth-order valence-electron chi connectivity index (χ4n) is 2.45. The second-order valence-electron chi connectivity index (χ2n) is 5.53. The molecule has 1 aliphatic heterocycles. The van der Waals surface area contributed by atoms with Crippen LogP contribution in [0.25, 0.3) is 0 Å². The highest BCUT2D eigenvalue weighted by Gasteiger charge is 2.43. The lowest BCUT2D eigenvalue weighted by atomic mass is 10.0. The molecule has 0 bridgehead atoms. The zero-order valence-electron chi connectivity index (χ0n) is 12.0. The summed E-state index contributed by atoms with van der Waals surface area (Å²) in [5.74, 6) is -0.592. The van der Waals surface area contributed by atoms with Gasteiger partial charge in [-0.1, -0.05) is 12.1 Å². The van der Waals surface area contributed by atoms with Gasteiger partial charge in [-0.3, -0.25) is 5.01 Å². The van der Waals surface area contributed by atoms with Crippen molar-refractivity contribution in [1.29, 1.82) is 0 Å². The van der Waals surface area contributed by atoms with Gasteiger partial charge in [0.05, 0.1) is 18.9 Å². The maximum Gasteiger partial charge on any atom is 0.330 e. The third-order valence-electron chi connectivity index (χ3n) is 3.60. The molecule has 0 amide bonds. The van der Waals surface area contributed by atoms with Gasteiger partial charge in [-0.05, 0) is 44.4 Å². The first-order chi connectivity index (χ1) is 9.44. The van der Waals surface area contributed by atoms with Gasteiger partial charge in [-0.2, -0.15) is 5.10 Å². The topological polar surface area (TPSA) is 41.9 Å². The summed E-state index contributed by atoms with van der Waals surface area (Å²) in [6, 6.07) is 5.81. The maximum atomic E-state index is 13.1. The van der Waals surface area contributed by atoms with E-state index in [2.05, 4.69) is 5.10 Å². The Labute approximate surface area is 118 Å². The number of esters is 1. The molecular weight excluding hydrogens is 259 g/mol. The highest BCUT2D eigenvalue weighted by atomic mass is 19.1. The third-order valence-corrected chi connectivity index (χ3v) is 3.60. The molecule has 1 aromatic carbocycles. The quantitative estimate of drug-likeness (QED) is 0.630. The molecular formula is C15H19FN2O2. The summed E-state index contributed by atoms with van der Waals surface area (Å²) in [5, 5.41) is 6.13. The molecule has 0 aromatic heterocycles. The normalized spacial score (nSPS) is 21.4. The second-order valence-corrected chi connectivity index (χ2v) is 5.53. The Bertz CT molecular complexity index is 528. The van der Waals surface area contributed by atoms with Gasteiger partial charge in [-0.15, -0.1) is 0 Å². The number of methoxy groups -OCH3 is 1. The molecule has 0 N–H and O–H groups in total. The molecule has 2 rings (SSSR count). The first-order valence-corrected chi connectivity index (χ1v) is 6.61. The van der Waals surface area contributed by atoms with Crippen LogP contribution in [0.15, 0.2) is 29.4 Å². The molecule has 0 aliphatic carbocycles. The molecule has 0 radical (unpaired) electrons. The summed E-state index contributed by atoms with van der Waals surface area (Å²) in [6.07, 6.45) is 3.14. The number of hydrogen-bond donors (Lipinski definition) is 0. The lowest BCUT2D eigenvalue weighted by molar-refractivity contribution is -0.147. The van der Waals surface area contributed by atoms with Crippen LogP contribution in [0.2, 0.25) is 0 Å². The number of halogens is 1. The molecule has 0 spiro atoms. The van der Waals surface area contributed by atoms with Crippen molar-refractivity contribution < 1.29 is 13.9 Å². The lowest BCUT2D eigenvalue weighted by Gasteiger charge is -2.31. The Balaban J connectivity index is 2.21. The number of nitrogens with zero attached hydrogens (tertiary/aromatic N) is 2. The van der Waals surface area contributed by atoms with Gasteiger partial charge in [0.2, 0.25) is 0 Å². The molecule has 4 nitrogen and oxygen atoms in total. The van der Waals surface area contributed by atoms with E-state index in [9.17, 15) is 9.18 Å². The summed E-state index contributed by atoms with van der Waals surface area (Å²) in [6.45, 7) is 4.05. The Morgan fingerprint density at radius 1 is 1.55 bits per heavy atom. The van der Waals surface area contributed by atoms with Crippen molar-refractivity contribution in [1.82, 2.24) is 5.01 Å². The number of rotatable bonds is 3. The van der Waals surface area contributed by atoms with E-state index in [-0.39, 0.29) is 23.4 Å². The first-order valence-electron chi connectivity index (χ1n) is 6.61. The number of benzene rings is 1. The lowest BCUT2D eigenvalue weighted by Crippen LogP contribution is -2.43. The Morgan fingerprint density at radius 3 is 2.95 bits per heavy atom. The van der Waals surface area contributed by atoms with Crippen molar-refractivity contribution >= 4 is 12.2 Å². The number of carbonyl (C=O) groups excluding carboxylic acids is 1. The van der Waals surface area contributed by atoms with E-state index in [1.54, 1.807) is 23.4 Å². The fourth-order valence-corrected chi connectivity index (χ4v) is 2.45. The average molecular weight is 278 g/mol. The van der Waals surface area contributed by atoms with Crippen LogP contribution in [0.4, 0.5) is 4.39 Å². The van der Waals surface area contributed by atoms with Crippen molar-refractivity contribution in [3.05, 3.63) is 35.6 Å². The van der Waals surface area contributed by atoms with Crippen LogP contribution in [-0.2, 0) is 9.53 Å². The summed E-state index contributed by atoms with van der Waals surface area (Å²) >= 11 is 0. The largest absolute Gasteiger partial charge is 0.467 e. The molecule has 0 unspecified atom stereocenters. The highest BCUT2D eigenvalue weighted by Crippen LogP contribution is 2.34. The molecule has 5 heteroatoms. The Kier molecular flexibility index (Phi) is 4.06. The molecule has 1 heterocycles. The van der Waals surface area contributed by atoms with Crippen molar-refractivity contribution in [2.24, 2.45) is 5.10 Å². The van der Waals surface area contributed by atoms with Crippen molar-refractivity contribution in [3.63, 3.8) is 0 Å². The van der Waals surface area contributed by atoms with Crippen LogP contribution in [0.3, 0.4) is 0 Å². The molecule has 1 saturated heterocycles. The zero-order valence-corrected chi connectivity index (χ0v) is 12.0. The highest BCUT2D eigenvalue weighted by molar-refractivity contribution is 5.80. The van der Waals surface area contributed by atoms with Gasteiger partial charge >= 0.3 is 5.97 Å². The second kappa shape index (κ2) is 5.61. The van der Waals surface area contributed by atoms with Gasteiger partial charge < -0.3 is 4.74 Å². The number of hydrogen-bond acceptors (Lipinski definition) is 4. The molecule has 1 aliphatic rings. The van der Waals surface area contributed by atoms with Crippen molar-refractivity contribution in [2.75, 3.05) is 7.11 Å². The SMILES string of the molecule is COC(=O)[C@@H]1CCC(C)(C)N1/N=C\c1cccc(F)c1. The van der Waals surface area contributed by atoms with Crippen LogP contribution in [0, 0.1) is 5.82 Å². The average Bonchev–Trinajstić information content (AvgIpc) is 2.71. The Hall–Kier alpha value is -1.91. The summed E-state index contributed by atoms with van der Waals surface area (Å²) in [4.78, 5) is 11.8. The molecule has 108 valence electrons. The van der Waals surface area contributed by atoms with E-state index in [1.807, 2.05) is 13.8 Å². The standard InChI is InChI=1S/C15H19FN2O2/c1-15(2)8-7-13(14(19)20-3)18(15)17-10-11-5-4-6-12(16)9-11/h4-6,9-10,13H,7-8H2,1-3H3/b17-10-/t13-/m0/s1. The minimum absolute atomic E-state index is 0.220. The molecule has 1 aromatic rings. The van der Waals surface area contributed by atoms with Crippen LogP contribution < -0.4 is 0 Å². The van der Waals surface area contributed by atoms with Crippen LogP contribution in [0.1, 0.15) is 32.3 Å². The minimum atomic E-state index is -0.375. The summed E-state index contributed by atoms with van der Waals surface area (Å²) < 4.78 is 17.9. The van der Waals surface area contributed by atoms with E-state index < -0.39 is 0 Å². The smallest absolute Gasteiger partial charge is 0.330 e. The van der Waals surface area contributed by atoms with E-state index in [4.69, 9.17) is 4.74 Å². The van der Waals surface area contributed by atoms with E-state index in [0.29, 0.717) is 12.0 Å². The summed E-state index contributed by atoms with van der Waals surface area (Å²) in [7, 11) is 1.38.